The van der Waals surface area contributed by atoms with Crippen LogP contribution in [0.25, 0.3) is 0 Å². The minimum Gasteiger partial charge on any atom is -0.250 e. The fourth-order valence-corrected chi connectivity index (χ4v) is 2.71. The van der Waals surface area contributed by atoms with Crippen molar-refractivity contribution in [2.75, 3.05) is 5.88 Å². The van der Waals surface area contributed by atoms with Gasteiger partial charge in [-0.15, -0.1) is 11.6 Å². The van der Waals surface area contributed by atoms with Crippen molar-refractivity contribution in [3.05, 3.63) is 46.5 Å². The highest BCUT2D eigenvalue weighted by atomic mass is 79.9. The number of halogens is 2. The fraction of sp³-hybridized carbons (Fsp3) is 0.467. The Labute approximate surface area is 133 Å². The maximum absolute atomic E-state index is 6.15. The van der Waals surface area contributed by atoms with E-state index in [1.165, 1.54) is 5.56 Å². The molecule has 0 bridgehead atoms. The standard InChI is InChI=1S/C15H19BrClN3/c1-11(2)9-20-15(18-10-19-20)7-13(8-17)12-3-5-14(16)6-4-12/h3-6,10-11,13H,7-9H2,1-2H3. The van der Waals surface area contributed by atoms with Crippen LogP contribution in [0.3, 0.4) is 0 Å². The molecule has 5 heteroatoms. The van der Waals surface area contributed by atoms with Crippen molar-refractivity contribution >= 4 is 27.5 Å². The van der Waals surface area contributed by atoms with E-state index in [-0.39, 0.29) is 5.92 Å². The number of hydrogen-bond donors (Lipinski definition) is 0. The molecule has 1 atom stereocenters. The molecule has 3 nitrogen and oxygen atoms in total. The molecule has 0 aliphatic carbocycles. The number of rotatable bonds is 6. The van der Waals surface area contributed by atoms with Crippen LogP contribution in [0.5, 0.6) is 0 Å². The molecule has 0 aliphatic heterocycles. The summed E-state index contributed by atoms with van der Waals surface area (Å²) in [5, 5.41) is 4.31. The molecule has 0 amide bonds. The van der Waals surface area contributed by atoms with Crippen LogP contribution < -0.4 is 0 Å². The topological polar surface area (TPSA) is 30.7 Å². The Bertz CT molecular complexity index is 536. The molecule has 0 radical (unpaired) electrons. The number of benzene rings is 1. The summed E-state index contributed by atoms with van der Waals surface area (Å²) in [6, 6.07) is 8.32. The SMILES string of the molecule is CC(C)Cn1ncnc1CC(CCl)c1ccc(Br)cc1. The zero-order valence-electron chi connectivity index (χ0n) is 11.8. The average molecular weight is 357 g/mol. The summed E-state index contributed by atoms with van der Waals surface area (Å²) in [4.78, 5) is 4.38. The normalized spacial score (nSPS) is 12.8. The third-order valence-corrected chi connectivity index (χ3v) is 4.09. The summed E-state index contributed by atoms with van der Waals surface area (Å²) in [6.07, 6.45) is 2.45. The Balaban J connectivity index is 2.14. The first-order valence-electron chi connectivity index (χ1n) is 6.78. The van der Waals surface area contributed by atoms with Crippen molar-refractivity contribution in [2.45, 2.75) is 32.7 Å². The predicted octanol–water partition coefficient (Wildman–Crippen LogP) is 4.26. The van der Waals surface area contributed by atoms with E-state index in [0.29, 0.717) is 11.8 Å². The lowest BCUT2D eigenvalue weighted by Crippen LogP contribution is -2.14. The van der Waals surface area contributed by atoms with Crippen LogP contribution in [-0.4, -0.2) is 20.6 Å². The smallest absolute Gasteiger partial charge is 0.138 e. The maximum atomic E-state index is 6.15. The molecule has 1 aromatic carbocycles. The van der Waals surface area contributed by atoms with Gasteiger partial charge in [-0.25, -0.2) is 9.67 Å². The lowest BCUT2D eigenvalue weighted by atomic mass is 9.97. The van der Waals surface area contributed by atoms with Crippen LogP contribution in [-0.2, 0) is 13.0 Å². The summed E-state index contributed by atoms with van der Waals surface area (Å²) >= 11 is 9.60. The van der Waals surface area contributed by atoms with E-state index in [9.17, 15) is 0 Å². The quantitative estimate of drug-likeness (QED) is 0.724. The zero-order chi connectivity index (χ0) is 14.5. The van der Waals surface area contributed by atoms with Gasteiger partial charge in [0.05, 0.1) is 0 Å². The van der Waals surface area contributed by atoms with E-state index in [0.717, 1.165) is 23.3 Å². The van der Waals surface area contributed by atoms with Crippen LogP contribution in [0.15, 0.2) is 35.1 Å². The Morgan fingerprint density at radius 1 is 1.25 bits per heavy atom. The molecule has 108 valence electrons. The Kier molecular flexibility index (Phi) is 5.61. The monoisotopic (exact) mass is 355 g/mol. The largest absolute Gasteiger partial charge is 0.250 e. The van der Waals surface area contributed by atoms with Crippen molar-refractivity contribution < 1.29 is 0 Å². The Morgan fingerprint density at radius 3 is 2.55 bits per heavy atom. The molecule has 1 unspecified atom stereocenters. The number of hydrogen-bond acceptors (Lipinski definition) is 2. The van der Waals surface area contributed by atoms with Crippen LogP contribution >= 0.6 is 27.5 Å². The van der Waals surface area contributed by atoms with Crippen LogP contribution in [0.2, 0.25) is 0 Å². The van der Waals surface area contributed by atoms with Gasteiger partial charge in [-0.3, -0.25) is 0 Å². The number of alkyl halides is 1. The third kappa shape index (κ3) is 4.06. The van der Waals surface area contributed by atoms with Gasteiger partial charge in [0.15, 0.2) is 0 Å². The molecule has 1 aromatic heterocycles. The minimum absolute atomic E-state index is 0.264. The van der Waals surface area contributed by atoms with Gasteiger partial charge in [0.25, 0.3) is 0 Å². The third-order valence-electron chi connectivity index (χ3n) is 3.19. The van der Waals surface area contributed by atoms with E-state index < -0.39 is 0 Å². The van der Waals surface area contributed by atoms with E-state index in [4.69, 9.17) is 11.6 Å². The highest BCUT2D eigenvalue weighted by Crippen LogP contribution is 2.23. The van der Waals surface area contributed by atoms with E-state index in [2.05, 4.69) is 52.0 Å². The highest BCUT2D eigenvalue weighted by Gasteiger charge is 2.15. The molecule has 0 fully saturated rings. The van der Waals surface area contributed by atoms with Gasteiger partial charge in [0.1, 0.15) is 12.2 Å². The molecule has 0 N–H and O–H groups in total. The van der Waals surface area contributed by atoms with Gasteiger partial charge in [0.2, 0.25) is 0 Å². The van der Waals surface area contributed by atoms with Gasteiger partial charge >= 0.3 is 0 Å². The first-order valence-corrected chi connectivity index (χ1v) is 8.11. The number of aromatic nitrogens is 3. The molecule has 0 spiro atoms. The first kappa shape index (κ1) is 15.5. The number of nitrogens with zero attached hydrogens (tertiary/aromatic N) is 3. The molecule has 0 aliphatic rings. The van der Waals surface area contributed by atoms with Crippen LogP contribution in [0, 0.1) is 5.92 Å². The molecule has 1 heterocycles. The molecule has 2 rings (SSSR count). The van der Waals surface area contributed by atoms with Crippen molar-refractivity contribution in [2.24, 2.45) is 5.92 Å². The zero-order valence-corrected chi connectivity index (χ0v) is 14.1. The summed E-state index contributed by atoms with van der Waals surface area (Å²) in [7, 11) is 0. The van der Waals surface area contributed by atoms with Crippen molar-refractivity contribution in [1.82, 2.24) is 14.8 Å². The highest BCUT2D eigenvalue weighted by molar-refractivity contribution is 9.10. The maximum Gasteiger partial charge on any atom is 0.138 e. The second-order valence-corrected chi connectivity index (χ2v) is 6.58. The van der Waals surface area contributed by atoms with E-state index in [1.54, 1.807) is 6.33 Å². The molecular formula is C15H19BrClN3. The molecule has 0 saturated carbocycles. The van der Waals surface area contributed by atoms with Gasteiger partial charge in [-0.2, -0.15) is 5.10 Å². The minimum atomic E-state index is 0.264. The second kappa shape index (κ2) is 7.23. The molecule has 2 aromatic rings. The van der Waals surface area contributed by atoms with E-state index >= 15 is 0 Å². The van der Waals surface area contributed by atoms with Crippen molar-refractivity contribution in [3.8, 4) is 0 Å². The van der Waals surface area contributed by atoms with Gasteiger partial charge in [-0.05, 0) is 23.6 Å². The predicted molar refractivity (Wildman–Crippen MR) is 86.2 cm³/mol. The summed E-state index contributed by atoms with van der Waals surface area (Å²) < 4.78 is 3.07. The van der Waals surface area contributed by atoms with Gasteiger partial charge in [0, 0.05) is 29.2 Å². The lowest BCUT2D eigenvalue weighted by Gasteiger charge is -2.15. The second-order valence-electron chi connectivity index (χ2n) is 5.36. The summed E-state index contributed by atoms with van der Waals surface area (Å²) in [5.41, 5.74) is 1.24. The Hall–Kier alpha value is -0.870. The van der Waals surface area contributed by atoms with E-state index in [1.807, 2.05) is 16.8 Å². The average Bonchev–Trinajstić information content (AvgIpc) is 2.83. The molecule has 0 saturated heterocycles. The van der Waals surface area contributed by atoms with Gasteiger partial charge < -0.3 is 0 Å². The lowest BCUT2D eigenvalue weighted by molar-refractivity contribution is 0.461. The van der Waals surface area contributed by atoms with Crippen LogP contribution in [0.4, 0.5) is 0 Å². The first-order chi connectivity index (χ1) is 9.60. The Morgan fingerprint density at radius 2 is 1.95 bits per heavy atom. The summed E-state index contributed by atoms with van der Waals surface area (Å²) in [6.45, 7) is 5.25. The van der Waals surface area contributed by atoms with Crippen molar-refractivity contribution in [1.29, 1.82) is 0 Å². The summed E-state index contributed by atoms with van der Waals surface area (Å²) in [5.74, 6) is 2.40. The van der Waals surface area contributed by atoms with Gasteiger partial charge in [-0.1, -0.05) is 41.9 Å². The molecular weight excluding hydrogens is 338 g/mol. The van der Waals surface area contributed by atoms with Crippen molar-refractivity contribution in [3.63, 3.8) is 0 Å². The fourth-order valence-electron chi connectivity index (χ4n) is 2.16. The van der Waals surface area contributed by atoms with Crippen LogP contribution in [0.1, 0.15) is 31.2 Å². The molecule has 20 heavy (non-hydrogen) atoms.